The first-order valence-electron chi connectivity index (χ1n) is 12.4. The zero-order valence-electron chi connectivity index (χ0n) is 21.1. The molecule has 10 heteroatoms. The number of nitrogens with one attached hydrogen (secondary N) is 1. The van der Waals surface area contributed by atoms with E-state index >= 15 is 0 Å². The molecule has 4 rings (SSSR count). The number of aliphatic carboxylic acids is 2. The van der Waals surface area contributed by atoms with Gasteiger partial charge < -0.3 is 20.3 Å². The number of nitrogens with zero attached hydrogens (tertiary/aromatic N) is 2. The Morgan fingerprint density at radius 1 is 0.897 bits per heavy atom. The van der Waals surface area contributed by atoms with E-state index < -0.39 is 34.9 Å². The second-order valence-electron chi connectivity index (χ2n) is 9.19. The molecule has 1 saturated heterocycles. The van der Waals surface area contributed by atoms with Gasteiger partial charge in [-0.2, -0.15) is 4.39 Å². The quantitative estimate of drug-likeness (QED) is 0.190. The third-order valence-corrected chi connectivity index (χ3v) is 6.47. The summed E-state index contributed by atoms with van der Waals surface area (Å²) in [6.45, 7) is 3.56. The molecule has 0 aliphatic carbocycles. The highest BCUT2D eigenvalue weighted by Crippen LogP contribution is 2.31. The fraction of sp³-hybridized carbons (Fsp3) is 0.241. The number of carboxylic acids is 2. The molecule has 1 aliphatic heterocycles. The van der Waals surface area contributed by atoms with E-state index in [0.29, 0.717) is 19.3 Å². The molecular formula is C29H29F2N3O5. The van der Waals surface area contributed by atoms with Crippen molar-refractivity contribution in [3.8, 4) is 5.75 Å². The van der Waals surface area contributed by atoms with Crippen LogP contribution in [0.25, 0.3) is 0 Å². The molecule has 1 atom stereocenters. The molecule has 1 unspecified atom stereocenters. The molecular weight excluding hydrogens is 508 g/mol. The Balaban J connectivity index is 1.54. The number of benzene rings is 3. The van der Waals surface area contributed by atoms with Gasteiger partial charge in [0.25, 0.3) is 0 Å². The van der Waals surface area contributed by atoms with Crippen LogP contribution < -0.4 is 10.1 Å². The van der Waals surface area contributed by atoms with Crippen molar-refractivity contribution in [1.29, 1.82) is 0 Å². The molecule has 0 aromatic heterocycles. The molecule has 0 amide bonds. The summed E-state index contributed by atoms with van der Waals surface area (Å²) in [5, 5.41) is 20.6. The predicted octanol–water partition coefficient (Wildman–Crippen LogP) is 4.20. The van der Waals surface area contributed by atoms with Crippen LogP contribution >= 0.6 is 0 Å². The van der Waals surface area contributed by atoms with Crippen molar-refractivity contribution in [1.82, 2.24) is 9.80 Å². The smallest absolute Gasteiger partial charge is 0.344 e. The van der Waals surface area contributed by atoms with Gasteiger partial charge in [-0.15, -0.1) is 0 Å². The maximum atomic E-state index is 14.8. The fourth-order valence-electron chi connectivity index (χ4n) is 4.46. The molecule has 39 heavy (non-hydrogen) atoms. The van der Waals surface area contributed by atoms with E-state index in [1.165, 1.54) is 0 Å². The standard InChI is InChI=1S/C29H29F2N3O5/c30-24-11-12-25(32-15-23(28(35)36)29(37)38)27(26(24)31)39-19-22-18-33(16-20-7-3-1-4-8-20)13-14-34(22)17-21-9-5-2-6-10-21/h1-12,15,22,32H,13-14,16-19H2,(H,35,36)(H,37,38). The van der Waals surface area contributed by atoms with Gasteiger partial charge in [-0.1, -0.05) is 60.7 Å². The van der Waals surface area contributed by atoms with Crippen LogP contribution in [0.5, 0.6) is 5.75 Å². The SMILES string of the molecule is O=C(O)C(=CNc1ccc(F)c(F)c1OCC1CN(Cc2ccccc2)CCN1Cc1ccccc1)C(=O)O. The number of ether oxygens (including phenoxy) is 1. The van der Waals surface area contributed by atoms with Crippen molar-refractivity contribution >= 4 is 17.6 Å². The lowest BCUT2D eigenvalue weighted by Gasteiger charge is -2.41. The van der Waals surface area contributed by atoms with Gasteiger partial charge in [-0.25, -0.2) is 14.0 Å². The summed E-state index contributed by atoms with van der Waals surface area (Å²) in [4.78, 5) is 26.9. The van der Waals surface area contributed by atoms with Crippen molar-refractivity contribution in [3.63, 3.8) is 0 Å². The number of carboxylic acid groups (broad SMARTS) is 2. The van der Waals surface area contributed by atoms with Crippen LogP contribution in [0.4, 0.5) is 14.5 Å². The van der Waals surface area contributed by atoms with Crippen LogP contribution in [0.2, 0.25) is 0 Å². The van der Waals surface area contributed by atoms with Gasteiger partial charge in [0.15, 0.2) is 17.1 Å². The molecule has 3 aromatic carbocycles. The van der Waals surface area contributed by atoms with E-state index in [1.54, 1.807) is 0 Å². The van der Waals surface area contributed by atoms with Gasteiger partial charge in [-0.05, 0) is 23.3 Å². The Morgan fingerprint density at radius 3 is 2.13 bits per heavy atom. The molecule has 1 aliphatic rings. The summed E-state index contributed by atoms with van der Waals surface area (Å²) < 4.78 is 34.8. The molecule has 0 saturated carbocycles. The largest absolute Gasteiger partial charge is 0.487 e. The predicted molar refractivity (Wildman–Crippen MR) is 141 cm³/mol. The number of anilines is 1. The average molecular weight is 538 g/mol. The van der Waals surface area contributed by atoms with Gasteiger partial charge in [0.1, 0.15) is 6.61 Å². The Kier molecular flexibility index (Phi) is 9.24. The summed E-state index contributed by atoms with van der Waals surface area (Å²) in [5.41, 5.74) is 1.21. The van der Waals surface area contributed by atoms with Gasteiger partial charge in [0.05, 0.1) is 11.7 Å². The average Bonchev–Trinajstić information content (AvgIpc) is 2.92. The van der Waals surface area contributed by atoms with E-state index in [9.17, 15) is 18.4 Å². The zero-order chi connectivity index (χ0) is 27.8. The second-order valence-corrected chi connectivity index (χ2v) is 9.19. The van der Waals surface area contributed by atoms with Crippen molar-refractivity contribution in [2.75, 3.05) is 31.6 Å². The van der Waals surface area contributed by atoms with Crippen LogP contribution in [-0.2, 0) is 22.7 Å². The lowest BCUT2D eigenvalue weighted by atomic mass is 10.1. The first-order chi connectivity index (χ1) is 18.8. The maximum absolute atomic E-state index is 14.8. The normalized spacial score (nSPS) is 15.9. The number of hydrogen-bond acceptors (Lipinski definition) is 6. The van der Waals surface area contributed by atoms with E-state index in [1.807, 2.05) is 48.5 Å². The topological polar surface area (TPSA) is 102 Å². The minimum Gasteiger partial charge on any atom is -0.487 e. The minimum atomic E-state index is -1.68. The van der Waals surface area contributed by atoms with Crippen LogP contribution in [0.1, 0.15) is 11.1 Å². The summed E-state index contributed by atoms with van der Waals surface area (Å²) in [6, 6.07) is 21.8. The van der Waals surface area contributed by atoms with Crippen LogP contribution in [-0.4, -0.2) is 64.2 Å². The summed E-state index contributed by atoms with van der Waals surface area (Å²) in [6.07, 6.45) is 0.702. The highest BCUT2D eigenvalue weighted by molar-refractivity contribution is 6.12. The van der Waals surface area contributed by atoms with Crippen molar-refractivity contribution in [3.05, 3.63) is 107 Å². The number of rotatable bonds is 11. The number of hydrogen-bond donors (Lipinski definition) is 3. The lowest BCUT2D eigenvalue weighted by Crippen LogP contribution is -2.54. The third kappa shape index (κ3) is 7.40. The molecule has 1 heterocycles. The van der Waals surface area contributed by atoms with Gasteiger partial charge in [0.2, 0.25) is 5.82 Å². The van der Waals surface area contributed by atoms with E-state index in [0.717, 1.165) is 42.9 Å². The number of carbonyl (C=O) groups is 2. The molecule has 0 bridgehead atoms. The molecule has 3 N–H and O–H groups in total. The molecule has 204 valence electrons. The first kappa shape index (κ1) is 27.7. The van der Waals surface area contributed by atoms with Gasteiger partial charge in [0, 0.05) is 38.9 Å². The molecule has 1 fully saturated rings. The van der Waals surface area contributed by atoms with Gasteiger partial charge >= 0.3 is 11.9 Å². The highest BCUT2D eigenvalue weighted by atomic mass is 19.2. The van der Waals surface area contributed by atoms with Crippen LogP contribution in [0, 0.1) is 11.6 Å². The Bertz CT molecular complexity index is 1310. The number of halogens is 2. The summed E-state index contributed by atoms with van der Waals surface area (Å²) >= 11 is 0. The first-order valence-corrected chi connectivity index (χ1v) is 12.4. The Hall–Kier alpha value is -4.28. The highest BCUT2D eigenvalue weighted by Gasteiger charge is 2.29. The van der Waals surface area contributed by atoms with Crippen LogP contribution in [0.15, 0.2) is 84.6 Å². The van der Waals surface area contributed by atoms with E-state index in [-0.39, 0.29) is 18.3 Å². The third-order valence-electron chi connectivity index (χ3n) is 6.47. The van der Waals surface area contributed by atoms with E-state index in [4.69, 9.17) is 14.9 Å². The zero-order valence-corrected chi connectivity index (χ0v) is 21.1. The second kappa shape index (κ2) is 13.0. The molecule has 0 spiro atoms. The Labute approximate surface area is 224 Å². The monoisotopic (exact) mass is 537 g/mol. The van der Waals surface area contributed by atoms with Crippen molar-refractivity contribution in [2.45, 2.75) is 19.1 Å². The molecule has 3 aromatic rings. The Morgan fingerprint density at radius 2 is 1.51 bits per heavy atom. The fourth-order valence-corrected chi connectivity index (χ4v) is 4.46. The summed E-state index contributed by atoms with van der Waals surface area (Å²) in [5.74, 6) is -6.23. The summed E-state index contributed by atoms with van der Waals surface area (Å²) in [7, 11) is 0. The maximum Gasteiger partial charge on any atom is 0.344 e. The van der Waals surface area contributed by atoms with E-state index in [2.05, 4.69) is 27.2 Å². The van der Waals surface area contributed by atoms with Crippen molar-refractivity contribution < 1.29 is 33.3 Å². The van der Waals surface area contributed by atoms with Gasteiger partial charge in [-0.3, -0.25) is 9.80 Å². The molecule has 8 nitrogen and oxygen atoms in total. The van der Waals surface area contributed by atoms with Crippen LogP contribution in [0.3, 0.4) is 0 Å². The molecule has 0 radical (unpaired) electrons. The van der Waals surface area contributed by atoms with Crippen molar-refractivity contribution in [2.24, 2.45) is 0 Å². The minimum absolute atomic E-state index is 0.0155. The lowest BCUT2D eigenvalue weighted by molar-refractivity contribution is -0.140. The number of piperazine rings is 1.